The minimum atomic E-state index is 0.671. The van der Waals surface area contributed by atoms with E-state index in [1.54, 1.807) is 0 Å². The predicted octanol–water partition coefficient (Wildman–Crippen LogP) is 3.60. The lowest BCUT2D eigenvalue weighted by Gasteiger charge is -2.21. The summed E-state index contributed by atoms with van der Waals surface area (Å²) >= 11 is 0. The van der Waals surface area contributed by atoms with E-state index in [2.05, 4.69) is 52.2 Å². The molecule has 1 aromatic carbocycles. The Morgan fingerprint density at radius 3 is 2.35 bits per heavy atom. The summed E-state index contributed by atoms with van der Waals surface area (Å²) in [6, 6.07) is 6.51. The number of aryl methyl sites for hydroxylation is 3. The van der Waals surface area contributed by atoms with Crippen LogP contribution in [0.4, 0.5) is 17.5 Å². The smallest absolute Gasteiger partial charge is 0.224 e. The maximum atomic E-state index is 4.60. The highest BCUT2D eigenvalue weighted by Crippen LogP contribution is 2.26. The third kappa shape index (κ3) is 3.07. The van der Waals surface area contributed by atoms with Crippen LogP contribution in [-0.4, -0.2) is 23.6 Å². The van der Waals surface area contributed by atoms with E-state index in [0.29, 0.717) is 5.95 Å². The molecule has 1 aromatic heterocycles. The molecule has 0 saturated carbocycles. The van der Waals surface area contributed by atoms with E-state index >= 15 is 0 Å². The van der Waals surface area contributed by atoms with Crippen LogP contribution in [0.5, 0.6) is 0 Å². The van der Waals surface area contributed by atoms with Gasteiger partial charge in [0.25, 0.3) is 0 Å². The summed E-state index contributed by atoms with van der Waals surface area (Å²) in [6.45, 7) is 9.11. The molecule has 0 bridgehead atoms. The molecule has 4 nitrogen and oxygen atoms in total. The van der Waals surface area contributed by atoms with Crippen molar-refractivity contribution in [3.63, 3.8) is 0 Å². The first-order valence-electron chi connectivity index (χ1n) is 6.90. The zero-order valence-corrected chi connectivity index (χ0v) is 12.9. The van der Waals surface area contributed by atoms with Gasteiger partial charge in [-0.3, -0.25) is 0 Å². The van der Waals surface area contributed by atoms with Gasteiger partial charge in [-0.2, -0.15) is 4.98 Å². The summed E-state index contributed by atoms with van der Waals surface area (Å²) in [5.41, 5.74) is 4.72. The molecule has 0 spiro atoms. The second-order valence-electron chi connectivity index (χ2n) is 5.14. The Bertz CT molecular complexity index is 587. The van der Waals surface area contributed by atoms with Gasteiger partial charge in [-0.05, 0) is 51.0 Å². The molecule has 0 radical (unpaired) electrons. The molecule has 4 heteroatoms. The van der Waals surface area contributed by atoms with Gasteiger partial charge >= 0.3 is 0 Å². The number of nitrogens with one attached hydrogen (secondary N) is 1. The minimum absolute atomic E-state index is 0.671. The number of aromatic nitrogens is 2. The van der Waals surface area contributed by atoms with Crippen LogP contribution in [-0.2, 0) is 0 Å². The molecule has 20 heavy (non-hydrogen) atoms. The number of benzene rings is 1. The molecule has 0 amide bonds. The van der Waals surface area contributed by atoms with E-state index in [9.17, 15) is 0 Å². The zero-order valence-electron chi connectivity index (χ0n) is 12.9. The van der Waals surface area contributed by atoms with Gasteiger partial charge in [0, 0.05) is 31.0 Å². The van der Waals surface area contributed by atoms with Gasteiger partial charge in [0.15, 0.2) is 0 Å². The Hall–Kier alpha value is -2.10. The van der Waals surface area contributed by atoms with E-state index in [1.165, 1.54) is 11.1 Å². The molecule has 0 atom stereocenters. The van der Waals surface area contributed by atoms with E-state index in [-0.39, 0.29) is 0 Å². The Labute approximate surface area is 120 Å². The second kappa shape index (κ2) is 5.90. The molecule has 1 heterocycles. The maximum absolute atomic E-state index is 4.60. The number of hydrogen-bond donors (Lipinski definition) is 1. The van der Waals surface area contributed by atoms with Crippen molar-refractivity contribution in [2.75, 3.05) is 23.8 Å². The predicted molar refractivity (Wildman–Crippen MR) is 84.9 cm³/mol. The third-order valence-corrected chi connectivity index (χ3v) is 3.19. The molecule has 1 N–H and O–H groups in total. The quantitative estimate of drug-likeness (QED) is 0.921. The monoisotopic (exact) mass is 270 g/mol. The molecule has 0 aliphatic carbocycles. The lowest BCUT2D eigenvalue weighted by molar-refractivity contribution is 1.02. The van der Waals surface area contributed by atoms with Crippen LogP contribution in [0, 0.1) is 20.8 Å². The van der Waals surface area contributed by atoms with Crippen LogP contribution < -0.4 is 10.2 Å². The maximum Gasteiger partial charge on any atom is 0.224 e. The van der Waals surface area contributed by atoms with Gasteiger partial charge in [0.2, 0.25) is 5.95 Å². The highest BCUT2D eigenvalue weighted by atomic mass is 15.2. The van der Waals surface area contributed by atoms with E-state index in [0.717, 1.165) is 23.6 Å². The number of hydrogen-bond acceptors (Lipinski definition) is 4. The number of rotatable bonds is 4. The van der Waals surface area contributed by atoms with E-state index in [4.69, 9.17) is 0 Å². The SMILES string of the molecule is CCNc1ncc(C)c(N(C)c2cc(C)cc(C)c2)n1. The van der Waals surface area contributed by atoms with Gasteiger partial charge in [0.05, 0.1) is 0 Å². The van der Waals surface area contributed by atoms with Crippen molar-refractivity contribution >= 4 is 17.5 Å². The summed E-state index contributed by atoms with van der Waals surface area (Å²) in [5.74, 6) is 1.60. The van der Waals surface area contributed by atoms with Crippen molar-refractivity contribution in [2.45, 2.75) is 27.7 Å². The van der Waals surface area contributed by atoms with Crippen molar-refractivity contribution in [3.8, 4) is 0 Å². The van der Waals surface area contributed by atoms with Crippen molar-refractivity contribution in [2.24, 2.45) is 0 Å². The second-order valence-corrected chi connectivity index (χ2v) is 5.14. The van der Waals surface area contributed by atoms with Gasteiger partial charge in [-0.15, -0.1) is 0 Å². The normalized spacial score (nSPS) is 10.4. The van der Waals surface area contributed by atoms with Gasteiger partial charge in [-0.25, -0.2) is 4.98 Å². The van der Waals surface area contributed by atoms with Crippen LogP contribution in [0.15, 0.2) is 24.4 Å². The zero-order chi connectivity index (χ0) is 14.7. The Kier molecular flexibility index (Phi) is 4.23. The first-order chi connectivity index (χ1) is 9.51. The van der Waals surface area contributed by atoms with Crippen molar-refractivity contribution in [3.05, 3.63) is 41.1 Å². The van der Waals surface area contributed by atoms with E-state index < -0.39 is 0 Å². The molecule has 106 valence electrons. The molecule has 0 unspecified atom stereocenters. The Morgan fingerprint density at radius 1 is 1.10 bits per heavy atom. The fourth-order valence-corrected chi connectivity index (χ4v) is 2.28. The minimum Gasteiger partial charge on any atom is -0.354 e. The molecular weight excluding hydrogens is 248 g/mol. The molecule has 2 rings (SSSR count). The fourth-order valence-electron chi connectivity index (χ4n) is 2.28. The average molecular weight is 270 g/mol. The molecule has 0 fully saturated rings. The largest absolute Gasteiger partial charge is 0.354 e. The van der Waals surface area contributed by atoms with E-state index in [1.807, 2.05) is 27.1 Å². The van der Waals surface area contributed by atoms with Crippen LogP contribution >= 0.6 is 0 Å². The van der Waals surface area contributed by atoms with Gasteiger partial charge in [-0.1, -0.05) is 6.07 Å². The average Bonchev–Trinajstić information content (AvgIpc) is 2.39. The standard InChI is InChI=1S/C16H22N4/c1-6-17-16-18-10-13(4)15(19-16)20(5)14-8-11(2)7-12(3)9-14/h7-10H,6H2,1-5H3,(H,17,18,19). The highest BCUT2D eigenvalue weighted by molar-refractivity contribution is 5.64. The molecule has 0 saturated heterocycles. The number of anilines is 3. The van der Waals surface area contributed by atoms with Crippen molar-refractivity contribution < 1.29 is 0 Å². The number of nitrogens with zero attached hydrogens (tertiary/aromatic N) is 3. The molecule has 0 aliphatic rings. The van der Waals surface area contributed by atoms with Gasteiger partial charge in [0.1, 0.15) is 5.82 Å². The summed E-state index contributed by atoms with van der Waals surface area (Å²) in [6.07, 6.45) is 1.86. The lowest BCUT2D eigenvalue weighted by atomic mass is 10.1. The Balaban J connectivity index is 2.41. The van der Waals surface area contributed by atoms with Crippen LogP contribution in [0.3, 0.4) is 0 Å². The van der Waals surface area contributed by atoms with Crippen LogP contribution in [0.2, 0.25) is 0 Å². The fraction of sp³-hybridized carbons (Fsp3) is 0.375. The highest BCUT2D eigenvalue weighted by Gasteiger charge is 2.11. The summed E-state index contributed by atoms with van der Waals surface area (Å²) < 4.78 is 0. The van der Waals surface area contributed by atoms with Gasteiger partial charge < -0.3 is 10.2 Å². The third-order valence-electron chi connectivity index (χ3n) is 3.19. The van der Waals surface area contributed by atoms with Crippen molar-refractivity contribution in [1.82, 2.24) is 9.97 Å². The van der Waals surface area contributed by atoms with Crippen molar-refractivity contribution in [1.29, 1.82) is 0 Å². The lowest BCUT2D eigenvalue weighted by Crippen LogP contribution is -2.15. The molecule has 0 aliphatic heterocycles. The first-order valence-corrected chi connectivity index (χ1v) is 6.90. The summed E-state index contributed by atoms with van der Waals surface area (Å²) in [5, 5.41) is 3.16. The molecule has 2 aromatic rings. The first kappa shape index (κ1) is 14.3. The Morgan fingerprint density at radius 2 is 1.75 bits per heavy atom. The summed E-state index contributed by atoms with van der Waals surface area (Å²) in [7, 11) is 2.04. The summed E-state index contributed by atoms with van der Waals surface area (Å²) in [4.78, 5) is 11.0. The van der Waals surface area contributed by atoms with Crippen LogP contribution in [0.1, 0.15) is 23.6 Å². The topological polar surface area (TPSA) is 41.1 Å². The molecular formula is C16H22N4. The van der Waals surface area contributed by atoms with Crippen LogP contribution in [0.25, 0.3) is 0 Å².